The van der Waals surface area contributed by atoms with Gasteiger partial charge in [-0.3, -0.25) is 9.59 Å². The number of amides is 4. The number of carboxylic acids is 1. The number of hydrogen-bond acceptors (Lipinski definition) is 5. The molecule has 3 aliphatic rings. The summed E-state index contributed by atoms with van der Waals surface area (Å²) >= 11 is 0. The molecule has 9 nitrogen and oxygen atoms in total. The third-order valence-electron chi connectivity index (χ3n) is 5.96. The van der Waals surface area contributed by atoms with Crippen LogP contribution in [0.1, 0.15) is 12.8 Å². The van der Waals surface area contributed by atoms with Crippen molar-refractivity contribution in [2.75, 3.05) is 19.0 Å². The lowest BCUT2D eigenvalue weighted by atomic mass is 9.83. The second kappa shape index (κ2) is 10.3. The molecule has 0 spiro atoms. The maximum atomic E-state index is 12.7. The summed E-state index contributed by atoms with van der Waals surface area (Å²) in [5.41, 5.74) is 2.03. The number of carbonyl (C=O) groups is 4. The molecule has 0 bridgehead atoms. The van der Waals surface area contributed by atoms with Crippen LogP contribution in [-0.4, -0.2) is 47.5 Å². The van der Waals surface area contributed by atoms with E-state index in [9.17, 15) is 24.3 Å². The molecule has 0 saturated carbocycles. The molecule has 0 radical (unpaired) electrons. The van der Waals surface area contributed by atoms with E-state index in [-0.39, 0.29) is 17.5 Å². The first kappa shape index (κ1) is 23.7. The molecule has 35 heavy (non-hydrogen) atoms. The van der Waals surface area contributed by atoms with Gasteiger partial charge in [0.2, 0.25) is 5.91 Å². The van der Waals surface area contributed by atoms with Crippen LogP contribution in [0.15, 0.2) is 83.6 Å². The van der Waals surface area contributed by atoms with Gasteiger partial charge in [0, 0.05) is 23.1 Å². The number of benzene rings is 1. The Labute approximate surface area is 202 Å². The van der Waals surface area contributed by atoms with Crippen molar-refractivity contribution in [1.29, 1.82) is 0 Å². The Morgan fingerprint density at radius 3 is 2.66 bits per heavy atom. The van der Waals surface area contributed by atoms with Gasteiger partial charge in [0.15, 0.2) is 0 Å². The quantitative estimate of drug-likeness (QED) is 0.411. The molecular weight excluding hydrogens is 450 g/mol. The number of nitrogens with one attached hydrogen (secondary N) is 2. The first-order chi connectivity index (χ1) is 16.8. The smallest absolute Gasteiger partial charge is 0.331 e. The molecule has 2 aliphatic carbocycles. The molecule has 1 fully saturated rings. The molecule has 1 aromatic rings. The zero-order valence-corrected chi connectivity index (χ0v) is 19.1. The van der Waals surface area contributed by atoms with Crippen LogP contribution in [0, 0.1) is 11.8 Å². The molecule has 9 heteroatoms. The van der Waals surface area contributed by atoms with E-state index in [2.05, 4.69) is 10.6 Å². The van der Waals surface area contributed by atoms with Crippen molar-refractivity contribution in [3.05, 3.63) is 83.6 Å². The highest BCUT2D eigenvalue weighted by molar-refractivity contribution is 6.14. The van der Waals surface area contributed by atoms with E-state index >= 15 is 0 Å². The number of urea groups is 1. The van der Waals surface area contributed by atoms with Gasteiger partial charge in [-0.15, -0.1) is 0 Å². The van der Waals surface area contributed by atoms with Crippen molar-refractivity contribution in [3.63, 3.8) is 0 Å². The van der Waals surface area contributed by atoms with E-state index in [1.165, 1.54) is 7.11 Å². The van der Waals surface area contributed by atoms with Gasteiger partial charge < -0.3 is 20.5 Å². The third kappa shape index (κ3) is 5.57. The lowest BCUT2D eigenvalue weighted by molar-refractivity contribution is -0.133. The number of rotatable bonds is 7. The molecular formula is C26H25N3O6. The van der Waals surface area contributed by atoms with Crippen molar-refractivity contribution < 1.29 is 29.0 Å². The molecule has 1 aliphatic heterocycles. The summed E-state index contributed by atoms with van der Waals surface area (Å²) in [5.74, 6) is -1.46. The van der Waals surface area contributed by atoms with Crippen LogP contribution >= 0.6 is 0 Å². The van der Waals surface area contributed by atoms with Gasteiger partial charge >= 0.3 is 12.0 Å². The number of carboxylic acid groups (broad SMARTS) is 1. The molecule has 2 atom stereocenters. The molecule has 4 rings (SSSR count). The summed E-state index contributed by atoms with van der Waals surface area (Å²) < 4.78 is 5.07. The highest BCUT2D eigenvalue weighted by Gasteiger charge is 2.35. The van der Waals surface area contributed by atoms with E-state index in [1.54, 1.807) is 42.5 Å². The fraction of sp³-hybridized carbons (Fsp3) is 0.231. The van der Waals surface area contributed by atoms with Gasteiger partial charge in [-0.05, 0) is 48.8 Å². The Bertz CT molecular complexity index is 1210. The van der Waals surface area contributed by atoms with Crippen LogP contribution in [0.25, 0.3) is 0 Å². The topological polar surface area (TPSA) is 125 Å². The molecule has 1 aromatic carbocycles. The number of imide groups is 1. The molecule has 180 valence electrons. The standard InChI is InChI=1S/C26H25N3O6/c1-35-21-11-9-20(10-12-21)27-23(30)15-29-24(31)22(28-26(29)34)13-16-5-7-17(8-6-16)18-3-2-4-19(14-18)25(32)33/h2-5,7-13,16,18H,6,14-15H2,1H3,(H,27,30)(H,28,34)(H,32,33)/b22-13-. The summed E-state index contributed by atoms with van der Waals surface area (Å²) in [4.78, 5) is 49.5. The molecule has 1 heterocycles. The highest BCUT2D eigenvalue weighted by Crippen LogP contribution is 2.31. The Morgan fingerprint density at radius 2 is 2.00 bits per heavy atom. The summed E-state index contributed by atoms with van der Waals surface area (Å²) in [5, 5.41) is 14.4. The second-order valence-electron chi connectivity index (χ2n) is 8.33. The van der Waals surface area contributed by atoms with Gasteiger partial charge in [0.25, 0.3) is 5.91 Å². The fourth-order valence-corrected chi connectivity index (χ4v) is 4.08. The zero-order chi connectivity index (χ0) is 24.9. The monoisotopic (exact) mass is 475 g/mol. The normalized spacial score (nSPS) is 22.5. The van der Waals surface area contributed by atoms with Crippen LogP contribution in [0.4, 0.5) is 10.5 Å². The third-order valence-corrected chi connectivity index (χ3v) is 5.96. The zero-order valence-electron chi connectivity index (χ0n) is 19.1. The average molecular weight is 476 g/mol. The van der Waals surface area contributed by atoms with Crippen molar-refractivity contribution in [2.45, 2.75) is 12.8 Å². The minimum atomic E-state index is -0.917. The summed E-state index contributed by atoms with van der Waals surface area (Å²) in [7, 11) is 1.54. The Morgan fingerprint density at radius 1 is 1.23 bits per heavy atom. The molecule has 0 aromatic heterocycles. The second-order valence-corrected chi connectivity index (χ2v) is 8.33. The average Bonchev–Trinajstić information content (AvgIpc) is 3.12. The molecule has 1 saturated heterocycles. The number of aliphatic carboxylic acids is 1. The minimum absolute atomic E-state index is 0.0107. The maximum absolute atomic E-state index is 12.7. The largest absolute Gasteiger partial charge is 0.497 e. The molecule has 2 unspecified atom stereocenters. The van der Waals surface area contributed by atoms with Crippen LogP contribution < -0.4 is 15.4 Å². The van der Waals surface area contributed by atoms with Crippen molar-refractivity contribution >= 4 is 29.5 Å². The number of hydrogen-bond donors (Lipinski definition) is 3. The van der Waals surface area contributed by atoms with Crippen molar-refractivity contribution in [2.24, 2.45) is 11.8 Å². The Hall–Kier alpha value is -4.40. The maximum Gasteiger partial charge on any atom is 0.331 e. The van der Waals surface area contributed by atoms with Gasteiger partial charge in [-0.25, -0.2) is 14.5 Å². The molecule has 4 amide bonds. The first-order valence-electron chi connectivity index (χ1n) is 11.1. The van der Waals surface area contributed by atoms with E-state index < -0.39 is 30.4 Å². The first-order valence-corrected chi connectivity index (χ1v) is 11.1. The van der Waals surface area contributed by atoms with Crippen molar-refractivity contribution in [3.8, 4) is 5.75 Å². The summed E-state index contributed by atoms with van der Waals surface area (Å²) in [6.45, 7) is -0.411. The number of nitrogens with zero attached hydrogens (tertiary/aromatic N) is 1. The van der Waals surface area contributed by atoms with Gasteiger partial charge in [0.05, 0.1) is 7.11 Å². The van der Waals surface area contributed by atoms with Gasteiger partial charge in [0.1, 0.15) is 18.0 Å². The predicted octanol–water partition coefficient (Wildman–Crippen LogP) is 3.16. The SMILES string of the molecule is COc1ccc(NC(=O)CN2C(=O)N/C(=C\C3C=CC(C4C=CC=C(C(=O)O)C4)=CC3)C2=O)cc1. The van der Waals surface area contributed by atoms with E-state index in [0.717, 1.165) is 10.5 Å². The van der Waals surface area contributed by atoms with E-state index in [4.69, 9.17) is 4.74 Å². The van der Waals surface area contributed by atoms with Crippen LogP contribution in [-0.2, 0) is 14.4 Å². The van der Waals surface area contributed by atoms with Gasteiger partial charge in [-0.2, -0.15) is 0 Å². The van der Waals surface area contributed by atoms with Crippen LogP contribution in [0.5, 0.6) is 5.75 Å². The Balaban J connectivity index is 1.34. The van der Waals surface area contributed by atoms with Crippen LogP contribution in [0.3, 0.4) is 0 Å². The number of anilines is 1. The predicted molar refractivity (Wildman–Crippen MR) is 128 cm³/mol. The van der Waals surface area contributed by atoms with Crippen molar-refractivity contribution in [1.82, 2.24) is 10.2 Å². The van der Waals surface area contributed by atoms with Gasteiger partial charge in [-0.1, -0.05) is 36.5 Å². The molecule has 3 N–H and O–H groups in total. The minimum Gasteiger partial charge on any atom is -0.497 e. The number of ether oxygens (including phenoxy) is 1. The lowest BCUT2D eigenvalue weighted by Crippen LogP contribution is -2.38. The van der Waals surface area contributed by atoms with Crippen LogP contribution in [0.2, 0.25) is 0 Å². The Kier molecular flexibility index (Phi) is 6.96. The summed E-state index contributed by atoms with van der Waals surface area (Å²) in [6.07, 6.45) is 13.9. The number of carbonyl (C=O) groups excluding carboxylic acids is 3. The summed E-state index contributed by atoms with van der Waals surface area (Å²) in [6, 6.07) is 6.05. The van der Waals surface area contributed by atoms with E-state index in [1.807, 2.05) is 24.3 Å². The fourth-order valence-electron chi connectivity index (χ4n) is 4.08. The number of allylic oxidation sites excluding steroid dienone is 8. The highest BCUT2D eigenvalue weighted by atomic mass is 16.5. The number of methoxy groups -OCH3 is 1. The van der Waals surface area contributed by atoms with E-state index in [0.29, 0.717) is 29.9 Å². The lowest BCUT2D eigenvalue weighted by Gasteiger charge is -2.21.